The fourth-order valence-corrected chi connectivity index (χ4v) is 5.97. The molecule has 1 aliphatic rings. The Morgan fingerprint density at radius 2 is 1.80 bits per heavy atom. The first-order valence-electron chi connectivity index (χ1n) is 12.7. The first-order chi connectivity index (χ1) is 19.8. The zero-order chi connectivity index (χ0) is 29.3. The van der Waals surface area contributed by atoms with Gasteiger partial charge in [-0.15, -0.1) is 0 Å². The number of fused-ring (bicyclic) bond motifs is 2. The molecule has 5 rings (SSSR count). The van der Waals surface area contributed by atoms with Gasteiger partial charge in [-0.3, -0.25) is 9.36 Å². The largest absolute Gasteiger partial charge is 0.496 e. The lowest BCUT2D eigenvalue weighted by Gasteiger charge is -2.27. The summed E-state index contributed by atoms with van der Waals surface area (Å²) in [6.45, 7) is 0.552. The summed E-state index contributed by atoms with van der Waals surface area (Å²) in [4.78, 5) is 32.4. The van der Waals surface area contributed by atoms with Crippen molar-refractivity contribution >= 4 is 34.2 Å². The molecule has 3 aromatic carbocycles. The maximum Gasteiger partial charge on any atom is 0.387 e. The smallest absolute Gasteiger partial charge is 0.387 e. The van der Waals surface area contributed by atoms with E-state index in [1.807, 2.05) is 30.3 Å². The Morgan fingerprint density at radius 1 is 1.07 bits per heavy atom. The van der Waals surface area contributed by atoms with Crippen molar-refractivity contribution in [2.24, 2.45) is 4.99 Å². The number of allylic oxidation sites excluding steroid dienone is 1. The van der Waals surface area contributed by atoms with E-state index in [0.717, 1.165) is 22.1 Å². The average Bonchev–Trinajstić information content (AvgIpc) is 3.26. The quantitative estimate of drug-likeness (QED) is 0.284. The molecule has 0 saturated carbocycles. The van der Waals surface area contributed by atoms with Gasteiger partial charge in [0, 0.05) is 5.56 Å². The van der Waals surface area contributed by atoms with Gasteiger partial charge in [-0.05, 0) is 54.5 Å². The van der Waals surface area contributed by atoms with Crippen molar-refractivity contribution in [1.29, 1.82) is 0 Å². The Labute approximate surface area is 237 Å². The number of hydrogen-bond acceptors (Lipinski definition) is 8. The van der Waals surface area contributed by atoms with Gasteiger partial charge in [-0.2, -0.15) is 8.78 Å². The molecule has 41 heavy (non-hydrogen) atoms. The average molecular weight is 581 g/mol. The van der Waals surface area contributed by atoms with Crippen LogP contribution in [-0.2, 0) is 9.53 Å². The van der Waals surface area contributed by atoms with Gasteiger partial charge in [0.2, 0.25) is 0 Å². The van der Waals surface area contributed by atoms with E-state index in [1.165, 1.54) is 30.9 Å². The van der Waals surface area contributed by atoms with Gasteiger partial charge < -0.3 is 18.9 Å². The fourth-order valence-electron chi connectivity index (χ4n) is 4.92. The number of benzene rings is 3. The summed E-state index contributed by atoms with van der Waals surface area (Å²) in [6.07, 6.45) is 1.61. The van der Waals surface area contributed by atoms with E-state index in [9.17, 15) is 18.4 Å². The second kappa shape index (κ2) is 11.5. The maximum atomic E-state index is 14.0. The predicted molar refractivity (Wildman–Crippen MR) is 151 cm³/mol. The number of esters is 1. The highest BCUT2D eigenvalue weighted by Gasteiger charge is 2.36. The third kappa shape index (κ3) is 5.20. The zero-order valence-corrected chi connectivity index (χ0v) is 23.5. The van der Waals surface area contributed by atoms with E-state index in [2.05, 4.69) is 9.73 Å². The number of hydrogen-bond donors (Lipinski definition) is 0. The number of methoxy groups -OCH3 is 2. The van der Waals surface area contributed by atoms with Crippen molar-refractivity contribution < 1.29 is 32.5 Å². The molecule has 0 radical (unpaired) electrons. The molecule has 0 aliphatic carbocycles. The van der Waals surface area contributed by atoms with E-state index in [4.69, 9.17) is 14.2 Å². The van der Waals surface area contributed by atoms with E-state index in [-0.39, 0.29) is 23.7 Å². The number of halogens is 2. The lowest BCUT2D eigenvalue weighted by molar-refractivity contribution is -0.139. The molecule has 0 spiro atoms. The van der Waals surface area contributed by atoms with Crippen LogP contribution in [0.25, 0.3) is 16.8 Å². The predicted octanol–water partition coefficient (Wildman–Crippen LogP) is 4.57. The van der Waals surface area contributed by atoms with Gasteiger partial charge in [0.15, 0.2) is 16.3 Å². The summed E-state index contributed by atoms with van der Waals surface area (Å²) in [5.74, 6) is -0.119. The summed E-state index contributed by atoms with van der Waals surface area (Å²) in [6, 6.07) is 14.9. The highest BCUT2D eigenvalue weighted by molar-refractivity contribution is 7.07. The molecule has 0 amide bonds. The normalized spacial score (nSPS) is 15.1. The molecule has 1 aromatic heterocycles. The molecule has 2 heterocycles. The molecule has 0 fully saturated rings. The number of carbonyl (C=O) groups is 1. The topological polar surface area (TPSA) is 88.4 Å². The molecule has 0 unspecified atom stereocenters. The van der Waals surface area contributed by atoms with Gasteiger partial charge in [0.05, 0.1) is 36.6 Å². The highest BCUT2D eigenvalue weighted by atomic mass is 32.1. The van der Waals surface area contributed by atoms with Crippen LogP contribution in [0, 0.1) is 0 Å². The SMILES string of the molecule is CCOC(=O)C1=C(C)N=c2s/c(=C/c3ccc(OC(F)F)c(OC)c3)c(=O)n2[C@@H]1c1c(OC)ccc2ccccc12. The molecule has 11 heteroatoms. The third-order valence-corrected chi connectivity index (χ3v) is 7.63. The Kier molecular flexibility index (Phi) is 7.89. The van der Waals surface area contributed by atoms with E-state index >= 15 is 0 Å². The Morgan fingerprint density at radius 3 is 2.51 bits per heavy atom. The first-order valence-corrected chi connectivity index (χ1v) is 13.5. The number of rotatable bonds is 8. The van der Waals surface area contributed by atoms with Crippen molar-refractivity contribution in [1.82, 2.24) is 4.57 Å². The third-order valence-electron chi connectivity index (χ3n) is 6.64. The second-order valence-electron chi connectivity index (χ2n) is 8.99. The molecule has 1 atom stereocenters. The molecule has 8 nitrogen and oxygen atoms in total. The number of nitrogens with zero attached hydrogens (tertiary/aromatic N) is 2. The monoisotopic (exact) mass is 580 g/mol. The van der Waals surface area contributed by atoms with Crippen LogP contribution in [0.15, 0.2) is 75.7 Å². The van der Waals surface area contributed by atoms with Crippen LogP contribution in [0.5, 0.6) is 17.2 Å². The lowest BCUT2D eigenvalue weighted by atomic mass is 9.90. The Hall–Kier alpha value is -4.51. The van der Waals surface area contributed by atoms with Gasteiger partial charge >= 0.3 is 12.6 Å². The summed E-state index contributed by atoms with van der Waals surface area (Å²) >= 11 is 1.14. The van der Waals surface area contributed by atoms with Crippen LogP contribution in [0.1, 0.15) is 31.0 Å². The molecule has 1 aliphatic heterocycles. The number of alkyl halides is 2. The number of aromatic nitrogens is 1. The van der Waals surface area contributed by atoms with Crippen molar-refractivity contribution in [2.75, 3.05) is 20.8 Å². The van der Waals surface area contributed by atoms with Crippen molar-refractivity contribution in [2.45, 2.75) is 26.5 Å². The second-order valence-corrected chi connectivity index (χ2v) is 10.0. The van der Waals surface area contributed by atoms with Crippen LogP contribution in [0.3, 0.4) is 0 Å². The van der Waals surface area contributed by atoms with Crippen molar-refractivity contribution in [3.8, 4) is 17.2 Å². The number of carbonyl (C=O) groups excluding carboxylic acids is 1. The van der Waals surface area contributed by atoms with Crippen molar-refractivity contribution in [3.63, 3.8) is 0 Å². The van der Waals surface area contributed by atoms with Crippen LogP contribution in [-0.4, -0.2) is 38.0 Å². The Bertz CT molecular complexity index is 1860. The molecular formula is C30H26F2N2O6S. The van der Waals surface area contributed by atoms with E-state index < -0.39 is 24.2 Å². The first kappa shape index (κ1) is 28.0. The van der Waals surface area contributed by atoms with Gasteiger partial charge in [0.25, 0.3) is 5.56 Å². The van der Waals surface area contributed by atoms with E-state index in [1.54, 1.807) is 32.1 Å². The summed E-state index contributed by atoms with van der Waals surface area (Å²) in [5, 5.41) is 1.71. The summed E-state index contributed by atoms with van der Waals surface area (Å²) in [7, 11) is 2.87. The van der Waals surface area contributed by atoms with Crippen LogP contribution in [0.2, 0.25) is 0 Å². The van der Waals surface area contributed by atoms with Crippen LogP contribution in [0.4, 0.5) is 8.78 Å². The zero-order valence-electron chi connectivity index (χ0n) is 22.6. The lowest BCUT2D eigenvalue weighted by Crippen LogP contribution is -2.40. The van der Waals surface area contributed by atoms with Crippen LogP contribution < -0.4 is 29.1 Å². The fraction of sp³-hybridized carbons (Fsp3) is 0.233. The highest BCUT2D eigenvalue weighted by Crippen LogP contribution is 2.40. The van der Waals surface area contributed by atoms with Crippen LogP contribution >= 0.6 is 11.3 Å². The molecule has 0 N–H and O–H groups in total. The molecule has 0 bridgehead atoms. The minimum atomic E-state index is -3.01. The Balaban J connectivity index is 1.77. The van der Waals surface area contributed by atoms with Gasteiger partial charge in [-0.25, -0.2) is 9.79 Å². The van der Waals surface area contributed by atoms with Gasteiger partial charge in [0.1, 0.15) is 11.8 Å². The maximum absolute atomic E-state index is 14.0. The van der Waals surface area contributed by atoms with Gasteiger partial charge in [-0.1, -0.05) is 47.7 Å². The standard InChI is InChI=1S/C30H26F2N2O6S/c1-5-39-28(36)24-16(2)33-30-34(26(24)25-19-9-7-6-8-18(19)11-13-21(25)37-3)27(35)23(41-30)15-17-10-12-20(40-29(31)32)22(14-17)38-4/h6-15,26,29H,5H2,1-4H3/b23-15+/t26-/m0/s1. The number of thiazole rings is 1. The van der Waals surface area contributed by atoms with Crippen molar-refractivity contribution in [3.05, 3.63) is 96.7 Å². The number of ether oxygens (including phenoxy) is 4. The summed E-state index contributed by atoms with van der Waals surface area (Å²) in [5.41, 5.74) is 1.41. The minimum absolute atomic E-state index is 0.0886. The molecule has 0 saturated heterocycles. The summed E-state index contributed by atoms with van der Waals surface area (Å²) < 4.78 is 48.2. The molecule has 212 valence electrons. The minimum Gasteiger partial charge on any atom is -0.496 e. The molecule has 4 aromatic rings. The van der Waals surface area contributed by atoms with E-state index in [0.29, 0.717) is 31.9 Å². The molecular weight excluding hydrogens is 554 g/mol.